The van der Waals surface area contributed by atoms with Gasteiger partial charge in [-0.05, 0) is 55.7 Å². The third-order valence-electron chi connectivity index (χ3n) is 5.42. The number of rotatable bonds is 6. The lowest BCUT2D eigenvalue weighted by molar-refractivity contribution is -0.142. The van der Waals surface area contributed by atoms with Gasteiger partial charge in [-0.25, -0.2) is 13.4 Å². The molecule has 0 unspecified atom stereocenters. The van der Waals surface area contributed by atoms with E-state index in [0.717, 1.165) is 25.3 Å². The average Bonchev–Trinajstić information content (AvgIpc) is 3.52. The van der Waals surface area contributed by atoms with Crippen LogP contribution in [-0.2, 0) is 21.6 Å². The van der Waals surface area contributed by atoms with Crippen molar-refractivity contribution in [1.29, 1.82) is 0 Å². The summed E-state index contributed by atoms with van der Waals surface area (Å²) >= 11 is 0. The number of alkyl halides is 3. The molecular formula is C22H18F4N4O5S. The van der Waals surface area contributed by atoms with E-state index < -0.39 is 61.9 Å². The Kier molecular flexibility index (Phi) is 6.21. The number of hydrogen-bond donors (Lipinski definition) is 2. The average molecular weight is 526 g/mol. The van der Waals surface area contributed by atoms with E-state index in [2.05, 4.69) is 20.5 Å². The number of ether oxygens (including phenoxy) is 1. The SMILES string of the molecule is Cc1c(C(F)(F)F)nnc(Oc2ccc(C3(O)CC3)nc2F)c1C(=O)Nc1cccc(S(C)(=O)=O)c1. The van der Waals surface area contributed by atoms with E-state index in [1.54, 1.807) is 0 Å². The quantitative estimate of drug-likeness (QED) is 0.367. The smallest absolute Gasteiger partial charge is 0.432 e. The Hall–Kier alpha value is -3.65. The van der Waals surface area contributed by atoms with Gasteiger partial charge in [0.2, 0.25) is 0 Å². The van der Waals surface area contributed by atoms with Crippen molar-refractivity contribution < 1.29 is 40.6 Å². The van der Waals surface area contributed by atoms with Crippen molar-refractivity contribution in [2.45, 2.75) is 36.4 Å². The van der Waals surface area contributed by atoms with Crippen LogP contribution in [0, 0.1) is 12.9 Å². The lowest BCUT2D eigenvalue weighted by atomic mass is 10.1. The molecule has 2 N–H and O–H groups in total. The van der Waals surface area contributed by atoms with Gasteiger partial charge in [0.05, 0.1) is 10.6 Å². The maximum Gasteiger partial charge on any atom is 0.435 e. The molecule has 2 aromatic heterocycles. The fourth-order valence-electron chi connectivity index (χ4n) is 3.34. The highest BCUT2D eigenvalue weighted by atomic mass is 32.2. The van der Waals surface area contributed by atoms with Gasteiger partial charge in [-0.15, -0.1) is 10.2 Å². The minimum Gasteiger partial charge on any atom is -0.432 e. The number of nitrogens with one attached hydrogen (secondary N) is 1. The molecule has 2 heterocycles. The number of anilines is 1. The third-order valence-corrected chi connectivity index (χ3v) is 6.53. The van der Waals surface area contributed by atoms with Crippen LogP contribution in [0.15, 0.2) is 41.3 Å². The van der Waals surface area contributed by atoms with Crippen LogP contribution in [0.1, 0.15) is 40.2 Å². The van der Waals surface area contributed by atoms with Gasteiger partial charge in [-0.1, -0.05) is 6.07 Å². The second kappa shape index (κ2) is 8.78. The van der Waals surface area contributed by atoms with Gasteiger partial charge >= 0.3 is 6.18 Å². The minimum atomic E-state index is -4.96. The number of aromatic nitrogens is 3. The second-order valence-corrected chi connectivity index (χ2v) is 10.2. The molecule has 0 saturated heterocycles. The molecule has 3 aromatic rings. The first-order valence-electron chi connectivity index (χ1n) is 10.3. The van der Waals surface area contributed by atoms with Crippen molar-refractivity contribution in [3.05, 3.63) is 64.9 Å². The first kappa shape index (κ1) is 25.4. The molecule has 0 bridgehead atoms. The standard InChI is InChI=1S/C22H18F4N4O5S/c1-11-16(19(31)27-12-4-3-5-13(10-12)36(2,33)34)20(30-29-17(11)22(24,25)26)35-14-6-7-15(28-18(14)23)21(32)8-9-21/h3-7,10,32H,8-9H2,1-2H3,(H,27,31). The number of benzene rings is 1. The number of hydrogen-bond acceptors (Lipinski definition) is 8. The molecule has 1 aliphatic rings. The molecular weight excluding hydrogens is 508 g/mol. The van der Waals surface area contributed by atoms with Gasteiger partial charge in [0.25, 0.3) is 17.7 Å². The fourth-order valence-corrected chi connectivity index (χ4v) is 4.01. The molecule has 4 rings (SSSR count). The van der Waals surface area contributed by atoms with Crippen LogP contribution in [0.4, 0.5) is 23.2 Å². The Bertz CT molecular complexity index is 1470. The highest BCUT2D eigenvalue weighted by Crippen LogP contribution is 2.45. The summed E-state index contributed by atoms with van der Waals surface area (Å²) in [5.74, 6) is -3.62. The Morgan fingerprint density at radius 3 is 2.44 bits per heavy atom. The van der Waals surface area contributed by atoms with Gasteiger partial charge in [-0.3, -0.25) is 4.79 Å². The highest BCUT2D eigenvalue weighted by Gasteiger charge is 2.44. The molecule has 190 valence electrons. The zero-order chi connectivity index (χ0) is 26.5. The molecule has 0 radical (unpaired) electrons. The van der Waals surface area contributed by atoms with Crippen LogP contribution in [0.2, 0.25) is 0 Å². The van der Waals surface area contributed by atoms with E-state index in [0.29, 0.717) is 12.8 Å². The zero-order valence-electron chi connectivity index (χ0n) is 18.7. The van der Waals surface area contributed by atoms with E-state index in [1.807, 2.05) is 0 Å². The number of amides is 1. The molecule has 1 fully saturated rings. The molecule has 0 aliphatic heterocycles. The van der Waals surface area contributed by atoms with Gasteiger partial charge in [0.15, 0.2) is 21.3 Å². The number of halogens is 4. The van der Waals surface area contributed by atoms with E-state index >= 15 is 0 Å². The van der Waals surface area contributed by atoms with Crippen LogP contribution in [0.5, 0.6) is 11.6 Å². The van der Waals surface area contributed by atoms with E-state index in [1.165, 1.54) is 24.3 Å². The monoisotopic (exact) mass is 526 g/mol. The van der Waals surface area contributed by atoms with Crippen molar-refractivity contribution in [3.8, 4) is 11.6 Å². The zero-order valence-corrected chi connectivity index (χ0v) is 19.5. The summed E-state index contributed by atoms with van der Waals surface area (Å²) < 4.78 is 83.8. The molecule has 1 aromatic carbocycles. The molecule has 1 aliphatic carbocycles. The van der Waals surface area contributed by atoms with Crippen molar-refractivity contribution in [2.75, 3.05) is 11.6 Å². The molecule has 0 atom stereocenters. The first-order valence-corrected chi connectivity index (χ1v) is 12.2. The molecule has 0 spiro atoms. The number of carbonyl (C=O) groups is 1. The van der Waals surface area contributed by atoms with Crippen molar-refractivity contribution in [1.82, 2.24) is 15.2 Å². The van der Waals surface area contributed by atoms with Crippen molar-refractivity contribution >= 4 is 21.4 Å². The number of carbonyl (C=O) groups excluding carboxylic acids is 1. The number of aliphatic hydroxyl groups is 1. The fraction of sp³-hybridized carbons (Fsp3) is 0.273. The van der Waals surface area contributed by atoms with Crippen LogP contribution in [-0.4, -0.2) is 40.9 Å². The van der Waals surface area contributed by atoms with E-state index in [9.17, 15) is 35.9 Å². The summed E-state index contributed by atoms with van der Waals surface area (Å²) in [5.41, 5.74) is -4.03. The predicted molar refractivity (Wildman–Crippen MR) is 117 cm³/mol. The molecule has 1 saturated carbocycles. The molecule has 14 heteroatoms. The maximum atomic E-state index is 14.6. The summed E-state index contributed by atoms with van der Waals surface area (Å²) in [6.07, 6.45) is -3.22. The third kappa shape index (κ3) is 5.14. The number of pyridine rings is 1. The summed E-state index contributed by atoms with van der Waals surface area (Å²) in [6, 6.07) is 7.43. The molecule has 36 heavy (non-hydrogen) atoms. The molecule has 9 nitrogen and oxygen atoms in total. The number of sulfone groups is 1. The van der Waals surface area contributed by atoms with Gasteiger partial charge in [-0.2, -0.15) is 17.6 Å². The summed E-state index contributed by atoms with van der Waals surface area (Å²) in [5, 5.41) is 18.8. The summed E-state index contributed by atoms with van der Waals surface area (Å²) in [6.45, 7) is 0.965. The van der Waals surface area contributed by atoms with Gasteiger partial charge < -0.3 is 15.2 Å². The van der Waals surface area contributed by atoms with Crippen LogP contribution >= 0.6 is 0 Å². The topological polar surface area (TPSA) is 131 Å². The van der Waals surface area contributed by atoms with E-state index in [4.69, 9.17) is 4.74 Å². The minimum absolute atomic E-state index is 0.0338. The lowest BCUT2D eigenvalue weighted by Crippen LogP contribution is -2.21. The van der Waals surface area contributed by atoms with E-state index in [-0.39, 0.29) is 16.3 Å². The van der Waals surface area contributed by atoms with Crippen molar-refractivity contribution in [3.63, 3.8) is 0 Å². The van der Waals surface area contributed by atoms with Gasteiger partial charge in [0.1, 0.15) is 11.2 Å². The van der Waals surface area contributed by atoms with Crippen LogP contribution in [0.3, 0.4) is 0 Å². The summed E-state index contributed by atoms with van der Waals surface area (Å²) in [7, 11) is -3.64. The molecule has 1 amide bonds. The summed E-state index contributed by atoms with van der Waals surface area (Å²) in [4.78, 5) is 16.5. The van der Waals surface area contributed by atoms with Crippen LogP contribution < -0.4 is 10.1 Å². The largest absolute Gasteiger partial charge is 0.435 e. The highest BCUT2D eigenvalue weighted by molar-refractivity contribution is 7.90. The normalized spacial score (nSPS) is 14.9. The Morgan fingerprint density at radius 2 is 1.86 bits per heavy atom. The Balaban J connectivity index is 1.73. The Labute approximate surface area is 202 Å². The maximum absolute atomic E-state index is 14.6. The van der Waals surface area contributed by atoms with Crippen molar-refractivity contribution in [2.24, 2.45) is 0 Å². The lowest BCUT2D eigenvalue weighted by Gasteiger charge is -2.16. The van der Waals surface area contributed by atoms with Crippen LogP contribution in [0.25, 0.3) is 0 Å². The Morgan fingerprint density at radius 1 is 1.17 bits per heavy atom. The predicted octanol–water partition coefficient (Wildman–Crippen LogP) is 3.77. The first-order chi connectivity index (χ1) is 16.7. The van der Waals surface area contributed by atoms with Gasteiger partial charge in [0, 0.05) is 11.9 Å². The number of nitrogens with zero attached hydrogens (tertiary/aromatic N) is 3. The second-order valence-electron chi connectivity index (χ2n) is 8.22.